The lowest BCUT2D eigenvalue weighted by Crippen LogP contribution is -2.32. The second kappa shape index (κ2) is 7.85. The van der Waals surface area contributed by atoms with E-state index >= 15 is 0 Å². The zero-order chi connectivity index (χ0) is 17.8. The summed E-state index contributed by atoms with van der Waals surface area (Å²) < 4.78 is 7.31. The first-order valence-corrected chi connectivity index (χ1v) is 9.17. The Balaban J connectivity index is 1.34. The quantitative estimate of drug-likeness (QED) is 0.738. The molecule has 0 spiro atoms. The Morgan fingerprint density at radius 1 is 1.15 bits per heavy atom. The predicted octanol–water partition coefficient (Wildman–Crippen LogP) is 2.48. The maximum atomic E-state index is 8.88. The molecule has 0 unspecified atom stereocenters. The van der Waals surface area contributed by atoms with Gasteiger partial charge in [0, 0.05) is 30.4 Å². The largest absolute Gasteiger partial charge is 0.491 e. The lowest BCUT2D eigenvalue weighted by molar-refractivity contribution is 0.198. The van der Waals surface area contributed by atoms with E-state index in [1.54, 1.807) is 6.20 Å². The Labute approximate surface area is 153 Å². The van der Waals surface area contributed by atoms with Crippen molar-refractivity contribution >= 4 is 5.65 Å². The fraction of sp³-hybridized carbons (Fsp3) is 0.400. The molecule has 26 heavy (non-hydrogen) atoms. The molecule has 0 amide bonds. The molecule has 1 aliphatic heterocycles. The highest BCUT2D eigenvalue weighted by molar-refractivity contribution is 5.37. The van der Waals surface area contributed by atoms with Crippen molar-refractivity contribution in [3.63, 3.8) is 0 Å². The van der Waals surface area contributed by atoms with Gasteiger partial charge in [-0.05, 0) is 49.7 Å². The monoisotopic (exact) mass is 352 g/mol. The van der Waals surface area contributed by atoms with Crippen molar-refractivity contribution < 1.29 is 9.84 Å². The van der Waals surface area contributed by atoms with Crippen LogP contribution in [0.5, 0.6) is 5.75 Å². The molecular weight excluding hydrogens is 328 g/mol. The van der Waals surface area contributed by atoms with E-state index in [2.05, 4.69) is 28.2 Å². The predicted molar refractivity (Wildman–Crippen MR) is 99.3 cm³/mol. The molecule has 4 rings (SSSR count). The average molecular weight is 352 g/mol. The molecule has 6 heteroatoms. The second-order valence-corrected chi connectivity index (χ2v) is 6.76. The summed E-state index contributed by atoms with van der Waals surface area (Å²) in [7, 11) is 0. The van der Waals surface area contributed by atoms with Gasteiger partial charge in [-0.3, -0.25) is 4.90 Å². The molecule has 0 atom stereocenters. The van der Waals surface area contributed by atoms with Crippen LogP contribution in [0.3, 0.4) is 0 Å². The second-order valence-electron chi connectivity index (χ2n) is 6.76. The molecule has 0 bridgehead atoms. The van der Waals surface area contributed by atoms with Crippen LogP contribution in [-0.2, 0) is 6.54 Å². The maximum absolute atomic E-state index is 8.88. The van der Waals surface area contributed by atoms with E-state index in [0.29, 0.717) is 12.5 Å². The summed E-state index contributed by atoms with van der Waals surface area (Å²) in [6.07, 6.45) is 6.03. The average Bonchev–Trinajstić information content (AvgIpc) is 3.15. The highest BCUT2D eigenvalue weighted by Crippen LogP contribution is 2.28. The number of piperidine rings is 1. The van der Waals surface area contributed by atoms with Crippen molar-refractivity contribution in [2.24, 2.45) is 0 Å². The number of fused-ring (bicyclic) bond motifs is 1. The number of nitrogens with zero attached hydrogens (tertiary/aromatic N) is 4. The molecule has 0 aliphatic carbocycles. The fourth-order valence-electron chi connectivity index (χ4n) is 3.60. The van der Waals surface area contributed by atoms with Crippen LogP contribution < -0.4 is 4.74 Å². The summed E-state index contributed by atoms with van der Waals surface area (Å²) in [6.45, 7) is 3.44. The fourth-order valence-corrected chi connectivity index (χ4v) is 3.60. The van der Waals surface area contributed by atoms with Gasteiger partial charge in [-0.1, -0.05) is 12.1 Å². The molecule has 1 saturated heterocycles. The molecule has 136 valence electrons. The standard InChI is InChI=1S/C20H24N4O2/c25-12-13-26-18-3-1-2-16(14-18)15-23-9-5-17(6-10-23)19-7-11-24-20(22-19)4-8-21-24/h1-4,7-8,11,14,17,25H,5-6,9-10,12-13,15H2. The number of likely N-dealkylation sites (tertiary alicyclic amines) is 1. The summed E-state index contributed by atoms with van der Waals surface area (Å²) in [5.41, 5.74) is 3.35. The highest BCUT2D eigenvalue weighted by Gasteiger charge is 2.22. The van der Waals surface area contributed by atoms with E-state index in [-0.39, 0.29) is 6.61 Å². The van der Waals surface area contributed by atoms with Gasteiger partial charge in [0.1, 0.15) is 12.4 Å². The first kappa shape index (κ1) is 17.0. The van der Waals surface area contributed by atoms with Crippen LogP contribution in [0.2, 0.25) is 0 Å². The van der Waals surface area contributed by atoms with Crippen LogP contribution >= 0.6 is 0 Å². The topological polar surface area (TPSA) is 62.9 Å². The minimum Gasteiger partial charge on any atom is -0.491 e. The number of hydrogen-bond donors (Lipinski definition) is 1. The van der Waals surface area contributed by atoms with Crippen LogP contribution in [0.25, 0.3) is 5.65 Å². The van der Waals surface area contributed by atoms with Crippen molar-refractivity contribution in [2.75, 3.05) is 26.3 Å². The van der Waals surface area contributed by atoms with Crippen molar-refractivity contribution in [1.29, 1.82) is 0 Å². The number of ether oxygens (including phenoxy) is 1. The number of benzene rings is 1. The van der Waals surface area contributed by atoms with Gasteiger partial charge >= 0.3 is 0 Å². The van der Waals surface area contributed by atoms with E-state index in [1.807, 2.05) is 28.9 Å². The molecular formula is C20H24N4O2. The number of hydrogen-bond acceptors (Lipinski definition) is 5. The highest BCUT2D eigenvalue weighted by atomic mass is 16.5. The lowest BCUT2D eigenvalue weighted by Gasteiger charge is -2.31. The summed E-state index contributed by atoms with van der Waals surface area (Å²) >= 11 is 0. The summed E-state index contributed by atoms with van der Waals surface area (Å²) in [5, 5.41) is 13.1. The Morgan fingerprint density at radius 3 is 2.88 bits per heavy atom. The minimum absolute atomic E-state index is 0.0386. The van der Waals surface area contributed by atoms with Crippen LogP contribution in [0.15, 0.2) is 48.8 Å². The van der Waals surface area contributed by atoms with Gasteiger partial charge in [-0.2, -0.15) is 5.10 Å². The van der Waals surface area contributed by atoms with Gasteiger partial charge in [0.15, 0.2) is 5.65 Å². The SMILES string of the molecule is OCCOc1cccc(CN2CCC(c3ccn4nccc4n3)CC2)c1. The maximum Gasteiger partial charge on any atom is 0.155 e. The first-order valence-electron chi connectivity index (χ1n) is 9.17. The third-order valence-corrected chi connectivity index (χ3v) is 4.95. The van der Waals surface area contributed by atoms with Gasteiger partial charge in [0.25, 0.3) is 0 Å². The van der Waals surface area contributed by atoms with Gasteiger partial charge in [-0.15, -0.1) is 0 Å². The van der Waals surface area contributed by atoms with Gasteiger partial charge < -0.3 is 9.84 Å². The van der Waals surface area contributed by atoms with Crippen LogP contribution in [0.1, 0.15) is 30.0 Å². The molecule has 0 radical (unpaired) electrons. The summed E-state index contributed by atoms with van der Waals surface area (Å²) in [5.74, 6) is 1.34. The third-order valence-electron chi connectivity index (χ3n) is 4.95. The Hall–Kier alpha value is -2.44. The molecule has 1 fully saturated rings. The van der Waals surface area contributed by atoms with Crippen molar-refractivity contribution in [3.8, 4) is 5.75 Å². The molecule has 2 aromatic heterocycles. The minimum atomic E-state index is 0.0386. The molecule has 1 aliphatic rings. The zero-order valence-electron chi connectivity index (χ0n) is 14.8. The molecule has 6 nitrogen and oxygen atoms in total. The number of aliphatic hydroxyl groups is 1. The van der Waals surface area contributed by atoms with Crippen LogP contribution in [0, 0.1) is 0 Å². The Morgan fingerprint density at radius 2 is 2.04 bits per heavy atom. The number of aliphatic hydroxyl groups excluding tert-OH is 1. The summed E-state index contributed by atoms with van der Waals surface area (Å²) in [4.78, 5) is 7.24. The van der Waals surface area contributed by atoms with E-state index < -0.39 is 0 Å². The van der Waals surface area contributed by atoms with Crippen LogP contribution in [0.4, 0.5) is 0 Å². The molecule has 0 saturated carbocycles. The number of rotatable bonds is 6. The van der Waals surface area contributed by atoms with E-state index in [1.165, 1.54) is 11.3 Å². The van der Waals surface area contributed by atoms with Gasteiger partial charge in [0.05, 0.1) is 12.8 Å². The molecule has 1 N–H and O–H groups in total. The molecule has 3 heterocycles. The third kappa shape index (κ3) is 3.86. The van der Waals surface area contributed by atoms with Crippen LogP contribution in [-0.4, -0.2) is 50.9 Å². The van der Waals surface area contributed by atoms with Crippen molar-refractivity contribution in [3.05, 3.63) is 60.0 Å². The smallest absolute Gasteiger partial charge is 0.155 e. The lowest BCUT2D eigenvalue weighted by atomic mass is 9.93. The normalized spacial score (nSPS) is 16.2. The molecule has 3 aromatic rings. The number of aromatic nitrogens is 3. The first-order chi connectivity index (χ1) is 12.8. The van der Waals surface area contributed by atoms with E-state index in [9.17, 15) is 0 Å². The molecule has 1 aromatic carbocycles. The van der Waals surface area contributed by atoms with Crippen molar-refractivity contribution in [2.45, 2.75) is 25.3 Å². The van der Waals surface area contributed by atoms with E-state index in [0.717, 1.165) is 43.9 Å². The zero-order valence-corrected chi connectivity index (χ0v) is 14.8. The van der Waals surface area contributed by atoms with Crippen molar-refractivity contribution in [1.82, 2.24) is 19.5 Å². The summed E-state index contributed by atoms with van der Waals surface area (Å²) in [6, 6.07) is 12.2. The Bertz CT molecular complexity index is 856. The van der Waals surface area contributed by atoms with Gasteiger partial charge in [0.2, 0.25) is 0 Å². The Kier molecular flexibility index (Phi) is 5.13. The van der Waals surface area contributed by atoms with E-state index in [4.69, 9.17) is 14.8 Å². The van der Waals surface area contributed by atoms with Gasteiger partial charge in [-0.25, -0.2) is 9.50 Å².